The largest absolute Gasteiger partial charge is 0.478 e. The Balaban J connectivity index is 1.67. The lowest BCUT2D eigenvalue weighted by atomic mass is 10.1. The highest BCUT2D eigenvalue weighted by Gasteiger charge is 2.24. The molecule has 10 nitrogen and oxygen atoms in total. The number of unbranched alkanes of at least 4 members (excludes halogenated alkanes) is 1. The second kappa shape index (κ2) is 14.0. The Hall–Kier alpha value is -4.61. The van der Waals surface area contributed by atoms with Gasteiger partial charge in [-0.1, -0.05) is 67.4 Å². The first-order valence-corrected chi connectivity index (χ1v) is 15.3. The summed E-state index contributed by atoms with van der Waals surface area (Å²) in [5, 5.41) is 24.1. The summed E-state index contributed by atoms with van der Waals surface area (Å²) in [6, 6.07) is 24.2. The summed E-state index contributed by atoms with van der Waals surface area (Å²) in [7, 11) is -4.30. The van der Waals surface area contributed by atoms with Crippen LogP contribution in [0.3, 0.4) is 0 Å². The molecule has 0 amide bonds. The van der Waals surface area contributed by atoms with E-state index in [0.717, 1.165) is 48.6 Å². The number of nitrogens with one attached hydrogen (secondary N) is 2. The summed E-state index contributed by atoms with van der Waals surface area (Å²) >= 11 is 5.87. The fourth-order valence-corrected chi connectivity index (χ4v) is 5.54. The number of hydrogen-bond donors (Lipinski definition) is 3. The van der Waals surface area contributed by atoms with E-state index in [4.69, 9.17) is 16.3 Å². The third-order valence-electron chi connectivity index (χ3n) is 6.53. The van der Waals surface area contributed by atoms with Crippen molar-refractivity contribution in [1.82, 2.24) is 0 Å². The fraction of sp³-hybridized carbons (Fsp3) is 0.194. The van der Waals surface area contributed by atoms with Crippen LogP contribution in [0.1, 0.15) is 30.9 Å². The number of sulfonamides is 1. The molecule has 3 N–H and O–H groups in total. The topological polar surface area (TPSA) is 148 Å². The minimum atomic E-state index is -4.30. The molecule has 0 saturated heterocycles. The fourth-order valence-electron chi connectivity index (χ4n) is 4.26. The zero-order valence-electron chi connectivity index (χ0n) is 23.2. The summed E-state index contributed by atoms with van der Waals surface area (Å²) in [5.41, 5.74) is 2.41. The van der Waals surface area contributed by atoms with Crippen LogP contribution in [0.25, 0.3) is 0 Å². The van der Waals surface area contributed by atoms with Gasteiger partial charge in [0.2, 0.25) is 0 Å². The van der Waals surface area contributed by atoms with Crippen molar-refractivity contribution in [1.29, 1.82) is 0 Å². The van der Waals surface area contributed by atoms with E-state index >= 15 is 0 Å². The quantitative estimate of drug-likeness (QED) is 0.0985. The molecule has 0 spiro atoms. The van der Waals surface area contributed by atoms with Crippen molar-refractivity contribution in [2.75, 3.05) is 10.0 Å². The van der Waals surface area contributed by atoms with Crippen molar-refractivity contribution in [2.45, 2.75) is 43.6 Å². The van der Waals surface area contributed by atoms with Gasteiger partial charge in [0, 0.05) is 24.2 Å². The Bertz CT molecular complexity index is 1700. The predicted octanol–water partition coefficient (Wildman–Crippen LogP) is 7.21. The van der Waals surface area contributed by atoms with E-state index in [1.54, 1.807) is 24.3 Å². The van der Waals surface area contributed by atoms with E-state index in [1.165, 1.54) is 18.2 Å². The van der Waals surface area contributed by atoms with Crippen LogP contribution in [-0.4, -0.2) is 30.5 Å². The highest BCUT2D eigenvalue weighted by atomic mass is 35.5. The van der Waals surface area contributed by atoms with Gasteiger partial charge in [0.05, 0.1) is 21.2 Å². The van der Waals surface area contributed by atoms with Gasteiger partial charge in [-0.15, -0.1) is 0 Å². The number of carboxylic acid groups (broad SMARTS) is 1. The minimum Gasteiger partial charge on any atom is -0.478 e. The van der Waals surface area contributed by atoms with Crippen molar-refractivity contribution in [3.63, 3.8) is 0 Å². The van der Waals surface area contributed by atoms with E-state index in [-0.39, 0.29) is 33.5 Å². The minimum absolute atomic E-state index is 0.106. The molecule has 0 saturated carbocycles. The Morgan fingerprint density at radius 3 is 2.35 bits per heavy atom. The van der Waals surface area contributed by atoms with Crippen molar-refractivity contribution < 1.29 is 28.0 Å². The van der Waals surface area contributed by atoms with Crippen LogP contribution in [0.5, 0.6) is 5.75 Å². The number of carbonyl (C=O) groups is 1. The lowest BCUT2D eigenvalue weighted by Crippen LogP contribution is -2.29. The summed E-state index contributed by atoms with van der Waals surface area (Å²) < 4.78 is 34.9. The summed E-state index contributed by atoms with van der Waals surface area (Å²) in [6.07, 6.45) is 1.95. The first-order valence-electron chi connectivity index (χ1n) is 13.5. The Morgan fingerprint density at radius 2 is 1.70 bits per heavy atom. The van der Waals surface area contributed by atoms with Gasteiger partial charge in [-0.05, 0) is 60.4 Å². The summed E-state index contributed by atoms with van der Waals surface area (Å²) in [6.45, 7) is 2.12. The molecule has 43 heavy (non-hydrogen) atoms. The first-order chi connectivity index (χ1) is 20.6. The Labute approximate surface area is 254 Å². The highest BCUT2D eigenvalue weighted by Crippen LogP contribution is 2.34. The number of nitro groups is 1. The van der Waals surface area contributed by atoms with Gasteiger partial charge in [-0.3, -0.25) is 14.8 Å². The first kappa shape index (κ1) is 31.3. The Kier molecular flexibility index (Phi) is 10.2. The number of aryl methyl sites for hydroxylation is 1. The van der Waals surface area contributed by atoms with Gasteiger partial charge in [-0.25, -0.2) is 13.2 Å². The van der Waals surface area contributed by atoms with Gasteiger partial charge >= 0.3 is 5.97 Å². The molecule has 1 atom stereocenters. The lowest BCUT2D eigenvalue weighted by molar-refractivity contribution is -0.384. The molecule has 0 radical (unpaired) electrons. The summed E-state index contributed by atoms with van der Waals surface area (Å²) in [5.74, 6) is -0.967. The van der Waals surface area contributed by atoms with Crippen LogP contribution in [-0.2, 0) is 27.7 Å². The second-order valence-corrected chi connectivity index (χ2v) is 11.8. The summed E-state index contributed by atoms with van der Waals surface area (Å²) in [4.78, 5) is 22.2. The number of aliphatic carboxylic acids is 1. The van der Waals surface area contributed by atoms with E-state index in [0.29, 0.717) is 5.69 Å². The maximum absolute atomic E-state index is 13.3. The average molecular weight is 624 g/mol. The molecule has 4 rings (SSSR count). The molecule has 0 aliphatic carbocycles. The third kappa shape index (κ3) is 8.46. The van der Waals surface area contributed by atoms with Crippen molar-refractivity contribution >= 4 is 50.3 Å². The molecule has 4 aromatic carbocycles. The SMILES string of the molecule is CCCCc1ccc(Nc2cc(OC(Cc3ccccc3)C(=O)O)ccc2NS(=O)(=O)c2ccc(Cl)c([N+](=O)[O-])c2)cc1. The number of hydrogen-bond acceptors (Lipinski definition) is 7. The molecule has 0 heterocycles. The van der Waals surface area contributed by atoms with Gasteiger partial charge in [0.25, 0.3) is 15.7 Å². The average Bonchev–Trinajstić information content (AvgIpc) is 2.98. The number of ether oxygens (including phenoxy) is 1. The molecule has 0 bridgehead atoms. The van der Waals surface area contributed by atoms with Crippen LogP contribution in [0.4, 0.5) is 22.7 Å². The van der Waals surface area contributed by atoms with Gasteiger partial charge in [0.15, 0.2) is 6.10 Å². The van der Waals surface area contributed by atoms with Crippen LogP contribution in [0, 0.1) is 10.1 Å². The van der Waals surface area contributed by atoms with Gasteiger partial charge in [0.1, 0.15) is 10.8 Å². The molecule has 0 aliphatic rings. The van der Waals surface area contributed by atoms with Crippen molar-refractivity contribution in [3.8, 4) is 5.75 Å². The molecule has 1 unspecified atom stereocenters. The molecular formula is C31H30ClN3O7S. The van der Waals surface area contributed by atoms with Crippen LogP contribution >= 0.6 is 11.6 Å². The van der Waals surface area contributed by atoms with Crippen LogP contribution in [0.15, 0.2) is 95.9 Å². The smallest absolute Gasteiger partial charge is 0.345 e. The maximum Gasteiger partial charge on any atom is 0.345 e. The zero-order valence-corrected chi connectivity index (χ0v) is 24.8. The highest BCUT2D eigenvalue weighted by molar-refractivity contribution is 7.92. The molecular weight excluding hydrogens is 594 g/mol. The maximum atomic E-state index is 13.3. The number of nitro benzene ring substituents is 1. The Morgan fingerprint density at radius 1 is 0.977 bits per heavy atom. The van der Waals surface area contributed by atoms with E-state index in [9.17, 15) is 28.4 Å². The standard InChI is InChI=1S/C31H30ClN3O7S/c1-2-3-7-21-10-12-23(13-11-21)33-28-19-24(42-30(31(36)37)18-22-8-5-4-6-9-22)14-17-27(28)34-43(40,41)25-15-16-26(32)29(20-25)35(38)39/h4-6,8-17,19-20,30,33-34H,2-3,7,18H2,1H3,(H,36,37). The molecule has 0 fully saturated rings. The predicted molar refractivity (Wildman–Crippen MR) is 166 cm³/mol. The lowest BCUT2D eigenvalue weighted by Gasteiger charge is -2.19. The number of rotatable bonds is 14. The normalized spacial score (nSPS) is 11.9. The molecule has 0 aliphatic heterocycles. The molecule has 4 aromatic rings. The van der Waals surface area contributed by atoms with Gasteiger partial charge < -0.3 is 15.2 Å². The third-order valence-corrected chi connectivity index (χ3v) is 8.21. The monoisotopic (exact) mass is 623 g/mol. The molecule has 12 heteroatoms. The second-order valence-electron chi connectivity index (χ2n) is 9.74. The molecule has 224 valence electrons. The van der Waals surface area contributed by atoms with E-state index in [1.807, 2.05) is 30.3 Å². The zero-order chi connectivity index (χ0) is 31.0. The number of halogens is 1. The van der Waals surface area contributed by atoms with E-state index < -0.39 is 32.7 Å². The van der Waals surface area contributed by atoms with Gasteiger partial charge in [-0.2, -0.15) is 0 Å². The number of anilines is 3. The van der Waals surface area contributed by atoms with Crippen molar-refractivity contribution in [3.05, 3.63) is 117 Å². The van der Waals surface area contributed by atoms with Crippen molar-refractivity contribution in [2.24, 2.45) is 0 Å². The van der Waals surface area contributed by atoms with E-state index in [2.05, 4.69) is 17.0 Å². The number of carboxylic acids is 1. The molecule has 0 aromatic heterocycles. The van der Waals surface area contributed by atoms with Crippen LogP contribution in [0.2, 0.25) is 5.02 Å². The number of benzene rings is 4. The number of nitrogens with zero attached hydrogens (tertiary/aromatic N) is 1. The van der Waals surface area contributed by atoms with Crippen LogP contribution < -0.4 is 14.8 Å².